The van der Waals surface area contributed by atoms with Crippen molar-refractivity contribution in [2.24, 2.45) is 0 Å². The SMILES string of the molecule is Cc1ccccc1-n1nc(C(=O)O)cc1-c1ccc(-c2ccccc2)cc1. The van der Waals surface area contributed by atoms with Crippen molar-refractivity contribution in [3.05, 3.63) is 96.2 Å². The Labute approximate surface area is 157 Å². The smallest absolute Gasteiger partial charge is 0.356 e. The molecule has 0 aliphatic heterocycles. The normalized spacial score (nSPS) is 10.7. The summed E-state index contributed by atoms with van der Waals surface area (Å²) in [5.74, 6) is -1.04. The average molecular weight is 354 g/mol. The largest absolute Gasteiger partial charge is 0.476 e. The predicted octanol–water partition coefficient (Wildman–Crippen LogP) is 5.21. The van der Waals surface area contributed by atoms with E-state index in [4.69, 9.17) is 0 Å². The zero-order valence-corrected chi connectivity index (χ0v) is 14.8. The highest BCUT2D eigenvalue weighted by Gasteiger charge is 2.17. The number of carbonyl (C=O) groups is 1. The highest BCUT2D eigenvalue weighted by molar-refractivity contribution is 5.87. The van der Waals surface area contributed by atoms with Crippen LogP contribution in [0.3, 0.4) is 0 Å². The molecule has 0 fully saturated rings. The van der Waals surface area contributed by atoms with Crippen molar-refractivity contribution in [3.8, 4) is 28.1 Å². The van der Waals surface area contributed by atoms with Crippen LogP contribution in [0.5, 0.6) is 0 Å². The number of aromatic nitrogens is 2. The number of para-hydroxylation sites is 1. The Bertz CT molecular complexity index is 1100. The molecule has 0 saturated carbocycles. The molecule has 4 nitrogen and oxygen atoms in total. The standard InChI is InChI=1S/C23H18N2O2/c1-16-7-5-6-10-21(16)25-22(15-20(24-25)23(26)27)19-13-11-18(12-14-19)17-8-3-2-4-9-17/h2-15H,1H3,(H,26,27). The van der Waals surface area contributed by atoms with E-state index in [-0.39, 0.29) is 5.69 Å². The third-order valence-corrected chi connectivity index (χ3v) is 4.56. The summed E-state index contributed by atoms with van der Waals surface area (Å²) in [6.45, 7) is 1.99. The molecule has 0 bridgehead atoms. The maximum absolute atomic E-state index is 11.5. The molecule has 4 aromatic rings. The van der Waals surface area contributed by atoms with Crippen LogP contribution in [0.4, 0.5) is 0 Å². The quantitative estimate of drug-likeness (QED) is 0.547. The minimum atomic E-state index is -1.04. The van der Waals surface area contributed by atoms with Crippen molar-refractivity contribution < 1.29 is 9.90 Å². The maximum Gasteiger partial charge on any atom is 0.356 e. The zero-order chi connectivity index (χ0) is 18.8. The summed E-state index contributed by atoms with van der Waals surface area (Å²) in [5.41, 5.74) is 5.84. The summed E-state index contributed by atoms with van der Waals surface area (Å²) in [7, 11) is 0. The molecule has 0 aliphatic carbocycles. The van der Waals surface area contributed by atoms with Crippen LogP contribution in [0.1, 0.15) is 16.1 Å². The lowest BCUT2D eigenvalue weighted by Gasteiger charge is -2.11. The topological polar surface area (TPSA) is 55.1 Å². The van der Waals surface area contributed by atoms with Crippen molar-refractivity contribution in [1.82, 2.24) is 9.78 Å². The molecule has 0 aliphatic rings. The number of benzene rings is 3. The van der Waals surface area contributed by atoms with Gasteiger partial charge < -0.3 is 5.11 Å². The van der Waals surface area contributed by atoms with Crippen molar-refractivity contribution in [2.45, 2.75) is 6.92 Å². The number of carboxylic acids is 1. The summed E-state index contributed by atoms with van der Waals surface area (Å²) in [6.07, 6.45) is 0. The van der Waals surface area contributed by atoms with Gasteiger partial charge in [-0.3, -0.25) is 0 Å². The van der Waals surface area contributed by atoms with E-state index in [0.717, 1.165) is 33.6 Å². The summed E-state index contributed by atoms with van der Waals surface area (Å²) >= 11 is 0. The average Bonchev–Trinajstić information content (AvgIpc) is 3.15. The van der Waals surface area contributed by atoms with Crippen LogP contribution in [0.25, 0.3) is 28.1 Å². The molecule has 0 amide bonds. The van der Waals surface area contributed by atoms with E-state index in [1.165, 1.54) is 0 Å². The van der Waals surface area contributed by atoms with Crippen molar-refractivity contribution >= 4 is 5.97 Å². The Morgan fingerprint density at radius 3 is 2.07 bits per heavy atom. The molecule has 0 unspecified atom stereocenters. The molecule has 1 heterocycles. The van der Waals surface area contributed by atoms with E-state index in [9.17, 15) is 9.90 Å². The molecule has 4 rings (SSSR count). The van der Waals surface area contributed by atoms with Gasteiger partial charge >= 0.3 is 5.97 Å². The maximum atomic E-state index is 11.5. The predicted molar refractivity (Wildman–Crippen MR) is 106 cm³/mol. The van der Waals surface area contributed by atoms with Crippen LogP contribution >= 0.6 is 0 Å². The first-order valence-electron chi connectivity index (χ1n) is 8.69. The molecule has 1 N–H and O–H groups in total. The Morgan fingerprint density at radius 2 is 1.41 bits per heavy atom. The van der Waals surface area contributed by atoms with Crippen LogP contribution < -0.4 is 0 Å². The number of hydrogen-bond acceptors (Lipinski definition) is 2. The molecule has 0 saturated heterocycles. The minimum absolute atomic E-state index is 0.0281. The van der Waals surface area contributed by atoms with Crippen LogP contribution in [0.15, 0.2) is 84.9 Å². The monoisotopic (exact) mass is 354 g/mol. The Kier molecular flexibility index (Phi) is 4.30. The molecular formula is C23H18N2O2. The highest BCUT2D eigenvalue weighted by atomic mass is 16.4. The van der Waals surface area contributed by atoms with Crippen molar-refractivity contribution in [2.75, 3.05) is 0 Å². The third kappa shape index (κ3) is 3.25. The molecule has 132 valence electrons. The number of carboxylic acid groups (broad SMARTS) is 1. The minimum Gasteiger partial charge on any atom is -0.476 e. The highest BCUT2D eigenvalue weighted by Crippen LogP contribution is 2.28. The first-order valence-corrected chi connectivity index (χ1v) is 8.69. The lowest BCUT2D eigenvalue weighted by atomic mass is 10.0. The number of aromatic carboxylic acids is 1. The Hall–Kier alpha value is -3.66. The summed E-state index contributed by atoms with van der Waals surface area (Å²) in [5, 5.41) is 13.7. The van der Waals surface area contributed by atoms with Gasteiger partial charge in [0.1, 0.15) is 0 Å². The van der Waals surface area contributed by atoms with Gasteiger partial charge in [-0.05, 0) is 35.7 Å². The van der Waals surface area contributed by atoms with Gasteiger partial charge in [0.05, 0.1) is 11.4 Å². The van der Waals surface area contributed by atoms with E-state index in [0.29, 0.717) is 0 Å². The summed E-state index contributed by atoms with van der Waals surface area (Å²) < 4.78 is 1.70. The fourth-order valence-electron chi connectivity index (χ4n) is 3.14. The van der Waals surface area contributed by atoms with Gasteiger partial charge in [-0.1, -0.05) is 72.8 Å². The number of nitrogens with zero attached hydrogens (tertiary/aromatic N) is 2. The van der Waals surface area contributed by atoms with Crippen molar-refractivity contribution in [1.29, 1.82) is 0 Å². The second-order valence-corrected chi connectivity index (χ2v) is 6.36. The van der Waals surface area contributed by atoms with Gasteiger partial charge in [0.2, 0.25) is 0 Å². The molecule has 0 atom stereocenters. The lowest BCUT2D eigenvalue weighted by molar-refractivity contribution is 0.0690. The fourth-order valence-corrected chi connectivity index (χ4v) is 3.14. The number of aryl methyl sites for hydroxylation is 1. The second kappa shape index (κ2) is 6.92. The molecule has 0 radical (unpaired) electrons. The van der Waals surface area contributed by atoms with Gasteiger partial charge in [-0.25, -0.2) is 9.48 Å². The zero-order valence-electron chi connectivity index (χ0n) is 14.8. The van der Waals surface area contributed by atoms with Gasteiger partial charge in [0.25, 0.3) is 0 Å². The molecule has 1 aromatic heterocycles. The van der Waals surface area contributed by atoms with Crippen LogP contribution in [0, 0.1) is 6.92 Å². The first-order chi connectivity index (χ1) is 13.1. The summed E-state index contributed by atoms with van der Waals surface area (Å²) in [6, 6.07) is 27.6. The lowest BCUT2D eigenvalue weighted by Crippen LogP contribution is -2.03. The number of rotatable bonds is 4. The van der Waals surface area contributed by atoms with Crippen LogP contribution in [-0.2, 0) is 0 Å². The van der Waals surface area contributed by atoms with Gasteiger partial charge in [0.15, 0.2) is 5.69 Å². The molecule has 4 heteroatoms. The van der Waals surface area contributed by atoms with E-state index in [1.807, 2.05) is 73.7 Å². The van der Waals surface area contributed by atoms with E-state index >= 15 is 0 Å². The van der Waals surface area contributed by atoms with Gasteiger partial charge in [-0.2, -0.15) is 5.10 Å². The summed E-state index contributed by atoms with van der Waals surface area (Å²) in [4.78, 5) is 11.5. The Morgan fingerprint density at radius 1 is 0.815 bits per heavy atom. The third-order valence-electron chi connectivity index (χ3n) is 4.56. The van der Waals surface area contributed by atoms with Gasteiger partial charge in [0, 0.05) is 5.56 Å². The van der Waals surface area contributed by atoms with Crippen LogP contribution in [0.2, 0.25) is 0 Å². The van der Waals surface area contributed by atoms with Crippen molar-refractivity contribution in [3.63, 3.8) is 0 Å². The van der Waals surface area contributed by atoms with Gasteiger partial charge in [-0.15, -0.1) is 0 Å². The fraction of sp³-hybridized carbons (Fsp3) is 0.0435. The second-order valence-electron chi connectivity index (χ2n) is 6.36. The molecular weight excluding hydrogens is 336 g/mol. The number of hydrogen-bond donors (Lipinski definition) is 1. The van der Waals surface area contributed by atoms with E-state index in [2.05, 4.69) is 17.2 Å². The molecule has 27 heavy (non-hydrogen) atoms. The first kappa shape index (κ1) is 16.8. The molecule has 3 aromatic carbocycles. The van der Waals surface area contributed by atoms with E-state index < -0.39 is 5.97 Å². The van der Waals surface area contributed by atoms with Crippen LogP contribution in [-0.4, -0.2) is 20.9 Å². The van der Waals surface area contributed by atoms with E-state index in [1.54, 1.807) is 10.7 Å². The molecule has 0 spiro atoms. The Balaban J connectivity index is 1.81.